The van der Waals surface area contributed by atoms with Gasteiger partial charge < -0.3 is 9.64 Å². The van der Waals surface area contributed by atoms with Crippen LogP contribution in [0.15, 0.2) is 18.7 Å². The van der Waals surface area contributed by atoms with Crippen molar-refractivity contribution in [1.29, 1.82) is 0 Å². The molecule has 0 aliphatic carbocycles. The Kier molecular flexibility index (Phi) is 3.31. The molecule has 0 saturated carbocycles. The molecule has 2 fully saturated rings. The maximum atomic E-state index is 6.01. The van der Waals surface area contributed by atoms with E-state index in [4.69, 9.17) is 4.74 Å². The molecule has 0 N–H and O–H groups in total. The van der Waals surface area contributed by atoms with Gasteiger partial charge in [0.15, 0.2) is 0 Å². The maximum Gasteiger partial charge on any atom is 0.115 e. The van der Waals surface area contributed by atoms with Gasteiger partial charge in [-0.2, -0.15) is 0 Å². The molecule has 4 nitrogen and oxygen atoms in total. The zero-order chi connectivity index (χ0) is 12.4. The summed E-state index contributed by atoms with van der Waals surface area (Å²) in [5.74, 6) is 0. The van der Waals surface area contributed by atoms with Gasteiger partial charge in [0, 0.05) is 18.8 Å². The van der Waals surface area contributed by atoms with Crippen molar-refractivity contribution in [2.75, 3.05) is 26.7 Å². The summed E-state index contributed by atoms with van der Waals surface area (Å²) in [6.45, 7) is 3.37. The molecule has 3 rings (SSSR count). The van der Waals surface area contributed by atoms with Crippen LogP contribution in [0.4, 0.5) is 0 Å². The molecule has 4 heteroatoms. The lowest BCUT2D eigenvalue weighted by Crippen LogP contribution is -2.38. The molecule has 2 saturated heterocycles. The lowest BCUT2D eigenvalue weighted by Gasteiger charge is -2.36. The van der Waals surface area contributed by atoms with Crippen LogP contribution in [0.1, 0.15) is 24.8 Å². The van der Waals surface area contributed by atoms with E-state index >= 15 is 0 Å². The van der Waals surface area contributed by atoms with E-state index in [2.05, 4.69) is 21.9 Å². The van der Waals surface area contributed by atoms with Crippen molar-refractivity contribution >= 4 is 0 Å². The number of piperidine rings is 1. The highest BCUT2D eigenvalue weighted by Gasteiger charge is 2.41. The quantitative estimate of drug-likeness (QED) is 0.794. The van der Waals surface area contributed by atoms with Crippen LogP contribution in [-0.4, -0.2) is 47.7 Å². The largest absolute Gasteiger partial charge is 0.377 e. The Morgan fingerprint density at radius 1 is 1.33 bits per heavy atom. The van der Waals surface area contributed by atoms with Crippen molar-refractivity contribution < 1.29 is 4.74 Å². The predicted molar refractivity (Wildman–Crippen MR) is 69.3 cm³/mol. The van der Waals surface area contributed by atoms with E-state index in [9.17, 15) is 0 Å². The Balaban J connectivity index is 1.58. The summed E-state index contributed by atoms with van der Waals surface area (Å²) in [6.07, 6.45) is 10.5. The number of hydrogen-bond acceptors (Lipinski definition) is 4. The number of hydrogen-bond donors (Lipinski definition) is 0. The SMILES string of the molecule is CN1CCC2(CC1)CO[C@@H](Cc1cncnc1)C2. The van der Waals surface area contributed by atoms with Gasteiger partial charge in [-0.25, -0.2) is 9.97 Å². The standard InChI is InChI=1S/C14H21N3O/c1-17-4-2-14(3-5-17)7-13(18-10-14)6-12-8-15-11-16-9-12/h8-9,11,13H,2-7,10H2,1H3/t13-/m0/s1. The van der Waals surface area contributed by atoms with Gasteiger partial charge in [-0.3, -0.25) is 0 Å². The summed E-state index contributed by atoms with van der Waals surface area (Å²) >= 11 is 0. The predicted octanol–water partition coefficient (Wildman–Crippen LogP) is 1.52. The second kappa shape index (κ2) is 4.94. The average molecular weight is 247 g/mol. The molecule has 0 amide bonds. The molecule has 18 heavy (non-hydrogen) atoms. The van der Waals surface area contributed by atoms with Gasteiger partial charge in [0.1, 0.15) is 6.33 Å². The smallest absolute Gasteiger partial charge is 0.115 e. The lowest BCUT2D eigenvalue weighted by molar-refractivity contribution is 0.0714. The summed E-state index contributed by atoms with van der Waals surface area (Å²) in [7, 11) is 2.21. The lowest BCUT2D eigenvalue weighted by atomic mass is 9.76. The molecule has 3 heterocycles. The van der Waals surface area contributed by atoms with Crippen molar-refractivity contribution in [3.05, 3.63) is 24.3 Å². The molecular weight excluding hydrogens is 226 g/mol. The van der Waals surface area contributed by atoms with Gasteiger partial charge in [-0.15, -0.1) is 0 Å². The molecule has 98 valence electrons. The van der Waals surface area contributed by atoms with Crippen molar-refractivity contribution in [2.45, 2.75) is 31.8 Å². The van der Waals surface area contributed by atoms with E-state index in [1.807, 2.05) is 12.4 Å². The third-order valence-electron chi connectivity index (χ3n) is 4.41. The van der Waals surface area contributed by atoms with Gasteiger partial charge in [-0.05, 0) is 50.4 Å². The summed E-state index contributed by atoms with van der Waals surface area (Å²) in [6, 6.07) is 0. The van der Waals surface area contributed by atoms with Crippen LogP contribution in [0.5, 0.6) is 0 Å². The Labute approximate surface area is 108 Å². The minimum absolute atomic E-state index is 0.361. The van der Waals surface area contributed by atoms with Gasteiger partial charge in [0.05, 0.1) is 12.7 Å². The zero-order valence-electron chi connectivity index (χ0n) is 11.0. The second-order valence-corrected chi connectivity index (χ2v) is 5.89. The number of aromatic nitrogens is 2. The van der Waals surface area contributed by atoms with E-state index < -0.39 is 0 Å². The molecular formula is C14H21N3O. The van der Waals surface area contributed by atoms with E-state index in [1.54, 1.807) is 6.33 Å². The molecule has 2 aliphatic heterocycles. The monoisotopic (exact) mass is 247 g/mol. The Morgan fingerprint density at radius 2 is 2.06 bits per heavy atom. The normalized spacial score (nSPS) is 27.7. The minimum atomic E-state index is 0.361. The topological polar surface area (TPSA) is 38.2 Å². The first-order valence-electron chi connectivity index (χ1n) is 6.80. The molecule has 1 aromatic heterocycles. The van der Waals surface area contributed by atoms with Gasteiger partial charge >= 0.3 is 0 Å². The van der Waals surface area contributed by atoms with E-state index in [0.29, 0.717) is 11.5 Å². The molecule has 0 radical (unpaired) electrons. The minimum Gasteiger partial charge on any atom is -0.377 e. The Hall–Kier alpha value is -1.00. The molecule has 1 spiro atoms. The average Bonchev–Trinajstić information content (AvgIpc) is 2.78. The van der Waals surface area contributed by atoms with Gasteiger partial charge in [0.2, 0.25) is 0 Å². The van der Waals surface area contributed by atoms with Crippen LogP contribution in [-0.2, 0) is 11.2 Å². The summed E-state index contributed by atoms with van der Waals surface area (Å²) in [4.78, 5) is 10.6. The fraction of sp³-hybridized carbons (Fsp3) is 0.714. The highest BCUT2D eigenvalue weighted by Crippen LogP contribution is 2.42. The third-order valence-corrected chi connectivity index (χ3v) is 4.41. The fourth-order valence-electron chi connectivity index (χ4n) is 3.17. The summed E-state index contributed by atoms with van der Waals surface area (Å²) < 4.78 is 6.01. The Morgan fingerprint density at radius 3 is 2.78 bits per heavy atom. The zero-order valence-corrected chi connectivity index (χ0v) is 11.0. The van der Waals surface area contributed by atoms with Crippen LogP contribution in [0, 0.1) is 5.41 Å². The van der Waals surface area contributed by atoms with Crippen molar-refractivity contribution in [3.8, 4) is 0 Å². The first-order chi connectivity index (χ1) is 8.76. The summed E-state index contributed by atoms with van der Waals surface area (Å²) in [5.41, 5.74) is 1.64. The first-order valence-corrected chi connectivity index (χ1v) is 6.80. The van der Waals surface area contributed by atoms with Crippen LogP contribution in [0.3, 0.4) is 0 Å². The molecule has 0 bridgehead atoms. The second-order valence-electron chi connectivity index (χ2n) is 5.89. The van der Waals surface area contributed by atoms with E-state index in [0.717, 1.165) is 13.0 Å². The maximum absolute atomic E-state index is 6.01. The highest BCUT2D eigenvalue weighted by atomic mass is 16.5. The van der Waals surface area contributed by atoms with Gasteiger partial charge in [0.25, 0.3) is 0 Å². The molecule has 1 atom stereocenters. The fourth-order valence-corrected chi connectivity index (χ4v) is 3.17. The number of rotatable bonds is 2. The van der Waals surface area contributed by atoms with Crippen molar-refractivity contribution in [2.24, 2.45) is 5.41 Å². The number of likely N-dealkylation sites (tertiary alicyclic amines) is 1. The van der Waals surface area contributed by atoms with E-state index in [1.165, 1.54) is 37.9 Å². The Bertz CT molecular complexity index is 387. The van der Waals surface area contributed by atoms with Crippen LogP contribution < -0.4 is 0 Å². The van der Waals surface area contributed by atoms with Gasteiger partial charge in [-0.1, -0.05) is 0 Å². The van der Waals surface area contributed by atoms with Crippen molar-refractivity contribution in [3.63, 3.8) is 0 Å². The molecule has 0 unspecified atom stereocenters. The first kappa shape index (κ1) is 12.1. The third kappa shape index (κ3) is 2.54. The molecule has 2 aliphatic rings. The van der Waals surface area contributed by atoms with Crippen molar-refractivity contribution in [1.82, 2.24) is 14.9 Å². The van der Waals surface area contributed by atoms with Crippen LogP contribution in [0.25, 0.3) is 0 Å². The molecule has 1 aromatic rings. The van der Waals surface area contributed by atoms with Crippen LogP contribution >= 0.6 is 0 Å². The molecule has 0 aromatic carbocycles. The van der Waals surface area contributed by atoms with Crippen LogP contribution in [0.2, 0.25) is 0 Å². The number of nitrogens with zero attached hydrogens (tertiary/aromatic N) is 3. The summed E-state index contributed by atoms with van der Waals surface area (Å²) in [5, 5.41) is 0. The number of ether oxygens (including phenoxy) is 1. The van der Waals surface area contributed by atoms with E-state index in [-0.39, 0.29) is 0 Å². The highest BCUT2D eigenvalue weighted by molar-refractivity contribution is 5.06.